The Labute approximate surface area is 134 Å². The molecule has 1 heterocycles. The summed E-state index contributed by atoms with van der Waals surface area (Å²) in [7, 11) is 2.80. The fourth-order valence-electron chi connectivity index (χ4n) is 1.76. The lowest BCUT2D eigenvalue weighted by molar-refractivity contribution is 0.0591. The second-order valence-corrected chi connectivity index (χ2v) is 6.00. The fraction of sp³-hybridized carbons (Fsp3) is 0.214. The van der Waals surface area contributed by atoms with E-state index in [4.69, 9.17) is 4.74 Å². The summed E-state index contributed by atoms with van der Waals surface area (Å²) < 4.78 is 10.8. The van der Waals surface area contributed by atoms with Crippen LogP contribution in [0, 0.1) is 0 Å². The zero-order chi connectivity index (χ0) is 15.6. The molecule has 0 fully saturated rings. The van der Waals surface area contributed by atoms with Crippen LogP contribution in [-0.4, -0.2) is 31.0 Å². The quantitative estimate of drug-likeness (QED) is 0.608. The molecule has 1 aromatic heterocycles. The lowest BCUT2D eigenvalue weighted by atomic mass is 10.2. The number of ketones is 1. The van der Waals surface area contributed by atoms with Gasteiger partial charge in [-0.25, -0.2) is 9.78 Å². The lowest BCUT2D eigenvalue weighted by Crippen LogP contribution is -2.06. The average Bonchev–Trinajstić information content (AvgIpc) is 2.91. The summed E-state index contributed by atoms with van der Waals surface area (Å²) in [5, 5.41) is 0.527. The van der Waals surface area contributed by atoms with Crippen molar-refractivity contribution in [3.05, 3.63) is 33.2 Å². The van der Waals surface area contributed by atoms with Gasteiger partial charge in [0.25, 0.3) is 0 Å². The van der Waals surface area contributed by atoms with Gasteiger partial charge in [0.05, 0.1) is 19.8 Å². The predicted molar refractivity (Wildman–Crippen MR) is 83.1 cm³/mol. The molecule has 1 aromatic carbocycles. The average molecular weight is 370 g/mol. The molecule has 0 amide bonds. The number of hydrogen-bond acceptors (Lipinski definition) is 6. The molecule has 0 spiro atoms. The molecule has 21 heavy (non-hydrogen) atoms. The van der Waals surface area contributed by atoms with Gasteiger partial charge in [0.1, 0.15) is 15.6 Å². The molecule has 0 saturated heterocycles. The largest absolute Gasteiger partial charge is 0.496 e. The van der Waals surface area contributed by atoms with Crippen LogP contribution < -0.4 is 4.74 Å². The number of rotatable bonds is 4. The molecule has 0 atom stereocenters. The number of halogens is 1. The number of ether oxygens (including phenoxy) is 2. The summed E-state index contributed by atoms with van der Waals surface area (Å²) in [6.07, 6.45) is 0. The first-order valence-corrected chi connectivity index (χ1v) is 7.52. The third-order valence-electron chi connectivity index (χ3n) is 2.72. The topological polar surface area (TPSA) is 65.5 Å². The van der Waals surface area contributed by atoms with Crippen molar-refractivity contribution in [2.45, 2.75) is 6.92 Å². The van der Waals surface area contributed by atoms with Crippen LogP contribution in [0.3, 0.4) is 0 Å². The van der Waals surface area contributed by atoms with Gasteiger partial charge in [-0.3, -0.25) is 4.79 Å². The van der Waals surface area contributed by atoms with Gasteiger partial charge in [0.2, 0.25) is 0 Å². The number of esters is 1. The molecule has 5 nitrogen and oxygen atoms in total. The molecule has 2 rings (SSSR count). The molecular formula is C14H12BrNO4S. The van der Waals surface area contributed by atoms with Gasteiger partial charge >= 0.3 is 5.97 Å². The van der Waals surface area contributed by atoms with Gasteiger partial charge in [-0.15, -0.1) is 11.3 Å². The monoisotopic (exact) mass is 369 g/mol. The molecule has 0 radical (unpaired) electrons. The summed E-state index contributed by atoms with van der Waals surface area (Å²) in [6, 6.07) is 5.44. The van der Waals surface area contributed by atoms with Crippen LogP contribution >= 0.6 is 27.3 Å². The van der Waals surface area contributed by atoms with E-state index in [9.17, 15) is 9.59 Å². The number of thiazole rings is 1. The van der Waals surface area contributed by atoms with E-state index in [1.54, 1.807) is 13.2 Å². The highest BCUT2D eigenvalue weighted by atomic mass is 79.9. The van der Waals surface area contributed by atoms with Crippen LogP contribution in [0.25, 0.3) is 10.6 Å². The fourth-order valence-corrected chi connectivity index (χ4v) is 3.09. The number of aromatic nitrogens is 1. The van der Waals surface area contributed by atoms with E-state index in [-0.39, 0.29) is 16.4 Å². The minimum Gasteiger partial charge on any atom is -0.496 e. The molecule has 0 N–H and O–H groups in total. The second-order valence-electron chi connectivity index (χ2n) is 4.09. The first kappa shape index (κ1) is 15.7. The van der Waals surface area contributed by atoms with Crippen molar-refractivity contribution in [2.75, 3.05) is 14.2 Å². The van der Waals surface area contributed by atoms with E-state index in [0.717, 1.165) is 15.8 Å². The molecule has 0 aliphatic heterocycles. The van der Waals surface area contributed by atoms with Gasteiger partial charge in [-0.05, 0) is 18.2 Å². The highest BCUT2D eigenvalue weighted by Gasteiger charge is 2.23. The smallest absolute Gasteiger partial charge is 0.358 e. The Morgan fingerprint density at radius 1 is 1.29 bits per heavy atom. The van der Waals surface area contributed by atoms with Crippen molar-refractivity contribution in [2.24, 2.45) is 0 Å². The summed E-state index contributed by atoms with van der Waals surface area (Å²) in [5.74, 6) is -0.247. The number of nitrogens with zero attached hydrogens (tertiary/aromatic N) is 1. The Balaban J connectivity index is 2.63. The van der Waals surface area contributed by atoms with Crippen LogP contribution in [0.1, 0.15) is 27.1 Å². The minimum absolute atomic E-state index is 0.0343. The standard InChI is InChI=1S/C14H12BrNO4S/c1-7(17)12-11(14(18)20-3)16-13(21-12)9-6-8(15)4-5-10(9)19-2/h4-6H,1-3H3. The van der Waals surface area contributed by atoms with E-state index >= 15 is 0 Å². The molecular weight excluding hydrogens is 358 g/mol. The number of carbonyl (C=O) groups is 2. The number of hydrogen-bond donors (Lipinski definition) is 0. The van der Waals surface area contributed by atoms with Crippen molar-refractivity contribution >= 4 is 39.0 Å². The molecule has 0 aliphatic rings. The Morgan fingerprint density at radius 3 is 2.57 bits per heavy atom. The van der Waals surface area contributed by atoms with Crippen molar-refractivity contribution in [1.29, 1.82) is 0 Å². The van der Waals surface area contributed by atoms with Crippen LogP contribution in [0.2, 0.25) is 0 Å². The highest BCUT2D eigenvalue weighted by Crippen LogP contribution is 2.36. The summed E-state index contributed by atoms with van der Waals surface area (Å²) in [5.41, 5.74) is 0.738. The van der Waals surface area contributed by atoms with Crippen molar-refractivity contribution < 1.29 is 19.1 Å². The zero-order valence-electron chi connectivity index (χ0n) is 11.6. The third-order valence-corrected chi connectivity index (χ3v) is 4.40. The van der Waals surface area contributed by atoms with E-state index in [2.05, 4.69) is 25.7 Å². The Kier molecular flexibility index (Phi) is 4.74. The first-order valence-electron chi connectivity index (χ1n) is 5.92. The number of Topliss-reactive ketones (excluding diaryl/α,β-unsaturated/α-hetero) is 1. The summed E-state index contributed by atoms with van der Waals surface area (Å²) in [6.45, 7) is 1.39. The van der Waals surface area contributed by atoms with E-state index in [1.165, 1.54) is 14.0 Å². The Bertz CT molecular complexity index is 711. The zero-order valence-corrected chi connectivity index (χ0v) is 14.0. The molecule has 110 valence electrons. The molecule has 7 heteroatoms. The third kappa shape index (κ3) is 3.14. The van der Waals surface area contributed by atoms with E-state index in [0.29, 0.717) is 16.3 Å². The normalized spacial score (nSPS) is 10.3. The van der Waals surface area contributed by atoms with E-state index in [1.807, 2.05) is 12.1 Å². The SMILES string of the molecule is COC(=O)c1nc(-c2cc(Br)ccc2OC)sc1C(C)=O. The van der Waals surface area contributed by atoms with Crippen LogP contribution in [-0.2, 0) is 4.74 Å². The Hall–Kier alpha value is -1.73. The maximum absolute atomic E-state index is 11.7. The van der Waals surface area contributed by atoms with Crippen molar-refractivity contribution in [1.82, 2.24) is 4.98 Å². The second kappa shape index (κ2) is 6.36. The summed E-state index contributed by atoms with van der Waals surface area (Å²) in [4.78, 5) is 27.9. The number of carbonyl (C=O) groups excluding carboxylic acids is 2. The lowest BCUT2D eigenvalue weighted by Gasteiger charge is -2.05. The van der Waals surface area contributed by atoms with Gasteiger partial charge < -0.3 is 9.47 Å². The maximum atomic E-state index is 11.7. The Morgan fingerprint density at radius 2 is 2.00 bits per heavy atom. The number of methoxy groups -OCH3 is 2. The molecule has 0 aliphatic carbocycles. The molecule has 2 aromatic rings. The minimum atomic E-state index is -0.628. The molecule has 0 unspecified atom stereocenters. The predicted octanol–water partition coefficient (Wildman–Crippen LogP) is 3.57. The van der Waals surface area contributed by atoms with Gasteiger partial charge in [0, 0.05) is 11.4 Å². The van der Waals surface area contributed by atoms with Gasteiger partial charge in [0.15, 0.2) is 11.5 Å². The van der Waals surface area contributed by atoms with Gasteiger partial charge in [-0.2, -0.15) is 0 Å². The maximum Gasteiger partial charge on any atom is 0.358 e. The van der Waals surface area contributed by atoms with Gasteiger partial charge in [-0.1, -0.05) is 15.9 Å². The number of benzene rings is 1. The van der Waals surface area contributed by atoms with Crippen LogP contribution in [0.5, 0.6) is 5.75 Å². The van der Waals surface area contributed by atoms with Crippen molar-refractivity contribution in [3.8, 4) is 16.3 Å². The molecule has 0 saturated carbocycles. The highest BCUT2D eigenvalue weighted by molar-refractivity contribution is 9.10. The summed E-state index contributed by atoms with van der Waals surface area (Å²) >= 11 is 4.52. The van der Waals surface area contributed by atoms with Crippen LogP contribution in [0.15, 0.2) is 22.7 Å². The van der Waals surface area contributed by atoms with E-state index < -0.39 is 5.97 Å². The molecule has 0 bridgehead atoms. The van der Waals surface area contributed by atoms with Crippen LogP contribution in [0.4, 0.5) is 0 Å². The first-order chi connectivity index (χ1) is 9.97. The van der Waals surface area contributed by atoms with Crippen molar-refractivity contribution in [3.63, 3.8) is 0 Å².